The fourth-order valence-corrected chi connectivity index (χ4v) is 2.03. The lowest BCUT2D eigenvalue weighted by Crippen LogP contribution is -2.41. The molecule has 0 aliphatic rings. The molecule has 1 heterocycles. The molecule has 0 fully saturated rings. The van der Waals surface area contributed by atoms with Gasteiger partial charge in [0.25, 0.3) is 5.91 Å². The first-order chi connectivity index (χ1) is 11.3. The smallest absolute Gasteiger partial charge is 0.408 e. The maximum Gasteiger partial charge on any atom is 0.408 e. The third kappa shape index (κ3) is 4.56. The Morgan fingerprint density at radius 1 is 1.25 bits per heavy atom. The van der Waals surface area contributed by atoms with Crippen molar-refractivity contribution < 1.29 is 19.5 Å². The van der Waals surface area contributed by atoms with Crippen LogP contribution in [0.2, 0.25) is 0 Å². The number of aromatic nitrogens is 2. The minimum Gasteiger partial charge on any atom is -0.444 e. The maximum absolute atomic E-state index is 11.9. The van der Waals surface area contributed by atoms with Gasteiger partial charge in [0, 0.05) is 12.4 Å². The van der Waals surface area contributed by atoms with Crippen molar-refractivity contribution in [2.45, 2.75) is 32.4 Å². The Balaban J connectivity index is 2.18. The van der Waals surface area contributed by atoms with E-state index in [1.807, 2.05) is 0 Å². The largest absolute Gasteiger partial charge is 0.444 e. The molecule has 0 radical (unpaired) electrons. The van der Waals surface area contributed by atoms with Crippen molar-refractivity contribution in [1.82, 2.24) is 20.6 Å². The highest BCUT2D eigenvalue weighted by Gasteiger charge is 2.25. The Morgan fingerprint density at radius 2 is 1.92 bits per heavy atom. The molecule has 1 atom stereocenters. The molecular weight excluding hydrogens is 312 g/mol. The molecule has 8 heteroatoms. The molecular formula is C16H20N4O4. The average Bonchev–Trinajstić information content (AvgIpc) is 3.05. The Morgan fingerprint density at radius 3 is 2.42 bits per heavy atom. The van der Waals surface area contributed by atoms with Crippen LogP contribution in [0.15, 0.2) is 42.7 Å². The molecule has 8 nitrogen and oxygen atoms in total. The van der Waals surface area contributed by atoms with E-state index in [4.69, 9.17) is 9.94 Å². The summed E-state index contributed by atoms with van der Waals surface area (Å²) in [7, 11) is 0. The topological polar surface area (TPSA) is 105 Å². The zero-order valence-electron chi connectivity index (χ0n) is 13.7. The van der Waals surface area contributed by atoms with Crippen LogP contribution in [0.3, 0.4) is 0 Å². The lowest BCUT2D eigenvalue weighted by Gasteiger charge is -2.23. The summed E-state index contributed by atoms with van der Waals surface area (Å²) in [5.74, 6) is -0.771. The van der Waals surface area contributed by atoms with Crippen LogP contribution in [0, 0.1) is 0 Å². The van der Waals surface area contributed by atoms with E-state index in [9.17, 15) is 9.59 Å². The van der Waals surface area contributed by atoms with Gasteiger partial charge in [0.1, 0.15) is 11.6 Å². The van der Waals surface area contributed by atoms with Gasteiger partial charge in [0.2, 0.25) is 0 Å². The molecule has 2 aromatic rings. The van der Waals surface area contributed by atoms with Gasteiger partial charge in [0.05, 0.1) is 5.69 Å². The number of nitrogens with zero attached hydrogens (tertiary/aromatic N) is 2. The number of benzene rings is 1. The van der Waals surface area contributed by atoms with E-state index < -0.39 is 23.6 Å². The molecule has 0 spiro atoms. The van der Waals surface area contributed by atoms with Gasteiger partial charge in [-0.25, -0.2) is 15.0 Å². The van der Waals surface area contributed by atoms with Crippen molar-refractivity contribution in [3.05, 3.63) is 48.3 Å². The minimum absolute atomic E-state index is 0.489. The normalized spacial score (nSPS) is 12.3. The van der Waals surface area contributed by atoms with Gasteiger partial charge < -0.3 is 10.1 Å². The van der Waals surface area contributed by atoms with Crippen LogP contribution in [-0.2, 0) is 9.53 Å². The zero-order valence-corrected chi connectivity index (χ0v) is 13.7. The van der Waals surface area contributed by atoms with Crippen molar-refractivity contribution >= 4 is 12.0 Å². The number of hydrogen-bond donors (Lipinski definition) is 3. The van der Waals surface area contributed by atoms with Crippen LogP contribution >= 0.6 is 0 Å². The lowest BCUT2D eigenvalue weighted by atomic mass is 10.1. The summed E-state index contributed by atoms with van der Waals surface area (Å²) in [6.45, 7) is 5.14. The number of carbonyl (C=O) groups is 2. The molecule has 3 N–H and O–H groups in total. The fourth-order valence-electron chi connectivity index (χ4n) is 2.03. The van der Waals surface area contributed by atoms with E-state index in [1.54, 1.807) is 73.7 Å². The van der Waals surface area contributed by atoms with Crippen LogP contribution < -0.4 is 10.8 Å². The maximum atomic E-state index is 11.9. The van der Waals surface area contributed by atoms with Gasteiger partial charge in [-0.1, -0.05) is 12.1 Å². The Labute approximate surface area is 139 Å². The second-order valence-corrected chi connectivity index (χ2v) is 6.10. The summed E-state index contributed by atoms with van der Waals surface area (Å²) in [5.41, 5.74) is 2.13. The summed E-state index contributed by atoms with van der Waals surface area (Å²) in [5, 5.41) is 15.5. The molecule has 0 aliphatic heterocycles. The molecule has 0 saturated carbocycles. The second kappa shape index (κ2) is 7.14. The van der Waals surface area contributed by atoms with E-state index in [0.717, 1.165) is 5.69 Å². The number of rotatable bonds is 4. The molecule has 128 valence electrons. The summed E-state index contributed by atoms with van der Waals surface area (Å²) in [4.78, 5) is 23.8. The average molecular weight is 332 g/mol. The van der Waals surface area contributed by atoms with Gasteiger partial charge in [-0.2, -0.15) is 5.10 Å². The number of amides is 2. The number of carbonyl (C=O) groups excluding carboxylic acids is 2. The van der Waals surface area contributed by atoms with Gasteiger partial charge >= 0.3 is 6.09 Å². The molecule has 0 saturated heterocycles. The third-order valence-corrected chi connectivity index (χ3v) is 3.03. The molecule has 1 unspecified atom stereocenters. The molecule has 24 heavy (non-hydrogen) atoms. The summed E-state index contributed by atoms with van der Waals surface area (Å²) in [6.07, 6.45) is 2.68. The number of hydrogen-bond acceptors (Lipinski definition) is 5. The van der Waals surface area contributed by atoms with Crippen molar-refractivity contribution in [1.29, 1.82) is 0 Å². The first kappa shape index (κ1) is 17.5. The molecule has 2 rings (SSSR count). The molecule has 0 bridgehead atoms. The van der Waals surface area contributed by atoms with Gasteiger partial charge in [0.15, 0.2) is 0 Å². The first-order valence-corrected chi connectivity index (χ1v) is 7.33. The number of hydroxylamine groups is 1. The van der Waals surface area contributed by atoms with Gasteiger partial charge in [-0.05, 0) is 44.5 Å². The SMILES string of the molecule is CC(C)(C)OC(=O)NC(C(=O)NO)c1ccc(-n2cccn2)cc1. The molecule has 2 amide bonds. The number of nitrogens with one attached hydrogen (secondary N) is 2. The Kier molecular flexibility index (Phi) is 5.20. The number of ether oxygens (including phenoxy) is 1. The predicted molar refractivity (Wildman–Crippen MR) is 85.6 cm³/mol. The van der Waals surface area contributed by atoms with Crippen LogP contribution in [0.5, 0.6) is 0 Å². The number of alkyl carbamates (subject to hydrolysis) is 1. The lowest BCUT2D eigenvalue weighted by molar-refractivity contribution is -0.131. The predicted octanol–water partition coefficient (Wildman–Crippen LogP) is 1.94. The van der Waals surface area contributed by atoms with Crippen LogP contribution in [0.1, 0.15) is 32.4 Å². The summed E-state index contributed by atoms with van der Waals surface area (Å²) >= 11 is 0. The standard InChI is InChI=1S/C16H20N4O4/c1-16(2,3)24-15(22)18-13(14(21)19-23)11-5-7-12(8-6-11)20-10-4-9-17-20/h4-10,13,23H,1-3H3,(H,18,22)(H,19,21). The van der Waals surface area contributed by atoms with E-state index >= 15 is 0 Å². The Hall–Kier alpha value is -2.87. The highest BCUT2D eigenvalue weighted by atomic mass is 16.6. The van der Waals surface area contributed by atoms with Crippen LogP contribution in [-0.4, -0.2) is 32.6 Å². The van der Waals surface area contributed by atoms with Crippen LogP contribution in [0.25, 0.3) is 5.69 Å². The van der Waals surface area contributed by atoms with Crippen molar-refractivity contribution in [3.8, 4) is 5.69 Å². The molecule has 1 aromatic heterocycles. The quantitative estimate of drug-likeness (QED) is 0.586. The van der Waals surface area contributed by atoms with Crippen molar-refractivity contribution in [2.24, 2.45) is 0 Å². The summed E-state index contributed by atoms with van der Waals surface area (Å²) < 4.78 is 6.80. The highest BCUT2D eigenvalue weighted by Crippen LogP contribution is 2.17. The van der Waals surface area contributed by atoms with E-state index in [2.05, 4.69) is 10.4 Å². The van der Waals surface area contributed by atoms with Crippen molar-refractivity contribution in [2.75, 3.05) is 0 Å². The van der Waals surface area contributed by atoms with E-state index in [1.165, 1.54) is 0 Å². The van der Waals surface area contributed by atoms with Crippen LogP contribution in [0.4, 0.5) is 4.79 Å². The summed E-state index contributed by atoms with van der Waals surface area (Å²) in [6, 6.07) is 7.52. The fraction of sp³-hybridized carbons (Fsp3) is 0.312. The Bertz CT molecular complexity index is 690. The van der Waals surface area contributed by atoms with Crippen molar-refractivity contribution in [3.63, 3.8) is 0 Å². The second-order valence-electron chi connectivity index (χ2n) is 6.10. The van der Waals surface area contributed by atoms with Gasteiger partial charge in [-0.3, -0.25) is 10.0 Å². The molecule has 1 aromatic carbocycles. The highest BCUT2D eigenvalue weighted by molar-refractivity contribution is 5.86. The molecule has 0 aliphatic carbocycles. The van der Waals surface area contributed by atoms with Gasteiger partial charge in [-0.15, -0.1) is 0 Å². The van der Waals surface area contributed by atoms with E-state index in [-0.39, 0.29) is 0 Å². The first-order valence-electron chi connectivity index (χ1n) is 7.33. The minimum atomic E-state index is -1.09. The van der Waals surface area contributed by atoms with E-state index in [0.29, 0.717) is 5.56 Å². The monoisotopic (exact) mass is 332 g/mol. The third-order valence-electron chi connectivity index (χ3n) is 3.03. The zero-order chi connectivity index (χ0) is 17.7.